The van der Waals surface area contributed by atoms with Crippen molar-refractivity contribution in [2.24, 2.45) is 5.92 Å². The number of rotatable bonds is 9. The first-order valence-electron chi connectivity index (χ1n) is 11.1. The number of hydrogen-bond donors (Lipinski definition) is 5. The summed E-state index contributed by atoms with van der Waals surface area (Å²) >= 11 is 0. The summed E-state index contributed by atoms with van der Waals surface area (Å²) in [5.41, 5.74) is 0.758. The Balaban J connectivity index is 2.77. The van der Waals surface area contributed by atoms with Gasteiger partial charge >= 0.3 is 6.09 Å². The summed E-state index contributed by atoms with van der Waals surface area (Å²) < 4.78 is 5.11. The van der Waals surface area contributed by atoms with E-state index in [0.29, 0.717) is 25.8 Å². The zero-order valence-corrected chi connectivity index (χ0v) is 20.2. The standard InChI is InChI=1S/C21H37N5O7/c1-12(2)10-14(18(29)23-13(3)17(28)25-32)24-19(30)15-8-7-9-26(15)16(27)11-22-20(31)33-21(4,5)6/h12-15,32H,7-11H2,1-6H3,(H,22,31)(H,23,29)(H,24,30)(H,25,28)/t13-,14-,15-/m0/s1. The van der Waals surface area contributed by atoms with E-state index in [1.54, 1.807) is 20.8 Å². The van der Waals surface area contributed by atoms with Crippen LogP contribution in [0.5, 0.6) is 0 Å². The van der Waals surface area contributed by atoms with Crippen molar-refractivity contribution in [1.82, 2.24) is 26.3 Å². The molecule has 12 nitrogen and oxygen atoms in total. The van der Waals surface area contributed by atoms with E-state index in [0.717, 1.165) is 0 Å². The Hall–Kier alpha value is -2.89. The molecule has 5 N–H and O–H groups in total. The summed E-state index contributed by atoms with van der Waals surface area (Å²) in [6, 6.07) is -2.71. The lowest BCUT2D eigenvalue weighted by molar-refractivity contribution is -0.139. The minimum atomic E-state index is -1.00. The highest BCUT2D eigenvalue weighted by atomic mass is 16.6. The molecule has 1 rings (SSSR count). The summed E-state index contributed by atoms with van der Waals surface area (Å²) in [6.07, 6.45) is 0.603. The topological polar surface area (TPSA) is 166 Å². The number of nitrogens with one attached hydrogen (secondary N) is 4. The monoisotopic (exact) mass is 471 g/mol. The number of carbonyl (C=O) groups excluding carboxylic acids is 5. The van der Waals surface area contributed by atoms with Gasteiger partial charge in [0.05, 0.1) is 0 Å². The van der Waals surface area contributed by atoms with Crippen LogP contribution in [0.25, 0.3) is 0 Å². The number of hydrogen-bond acceptors (Lipinski definition) is 7. The minimum absolute atomic E-state index is 0.0577. The van der Waals surface area contributed by atoms with Gasteiger partial charge in [-0.15, -0.1) is 0 Å². The summed E-state index contributed by atoms with van der Waals surface area (Å²) in [7, 11) is 0. The number of hydroxylamine groups is 1. The largest absolute Gasteiger partial charge is 0.444 e. The summed E-state index contributed by atoms with van der Waals surface area (Å²) in [5, 5.41) is 16.2. The molecule has 0 aromatic rings. The van der Waals surface area contributed by atoms with E-state index < -0.39 is 53.4 Å². The molecule has 0 spiro atoms. The number of amides is 5. The number of alkyl carbamates (subject to hydrolysis) is 1. The third-order valence-electron chi connectivity index (χ3n) is 4.86. The van der Waals surface area contributed by atoms with E-state index in [1.807, 2.05) is 13.8 Å². The molecule has 1 aliphatic heterocycles. The molecule has 33 heavy (non-hydrogen) atoms. The van der Waals surface area contributed by atoms with E-state index in [4.69, 9.17) is 9.94 Å². The maximum atomic E-state index is 12.9. The van der Waals surface area contributed by atoms with Crippen LogP contribution in [-0.2, 0) is 23.9 Å². The first-order valence-corrected chi connectivity index (χ1v) is 11.1. The number of likely N-dealkylation sites (tertiary alicyclic amines) is 1. The highest BCUT2D eigenvalue weighted by Gasteiger charge is 2.36. The van der Waals surface area contributed by atoms with E-state index in [-0.39, 0.29) is 12.5 Å². The number of ether oxygens (including phenoxy) is 1. The highest BCUT2D eigenvalue weighted by Crippen LogP contribution is 2.18. The van der Waals surface area contributed by atoms with Gasteiger partial charge in [0, 0.05) is 6.54 Å². The molecular formula is C21H37N5O7. The van der Waals surface area contributed by atoms with Crippen LogP contribution in [0.1, 0.15) is 60.8 Å². The van der Waals surface area contributed by atoms with E-state index in [9.17, 15) is 24.0 Å². The molecule has 0 aliphatic carbocycles. The van der Waals surface area contributed by atoms with Crippen LogP contribution < -0.4 is 21.4 Å². The lowest BCUT2D eigenvalue weighted by Gasteiger charge is -2.27. The minimum Gasteiger partial charge on any atom is -0.444 e. The molecular weight excluding hydrogens is 434 g/mol. The number of nitrogens with zero attached hydrogens (tertiary/aromatic N) is 1. The zero-order chi connectivity index (χ0) is 25.3. The van der Waals surface area contributed by atoms with E-state index in [1.165, 1.54) is 17.3 Å². The first-order chi connectivity index (χ1) is 15.2. The lowest BCUT2D eigenvalue weighted by atomic mass is 10.0. The molecule has 0 aromatic heterocycles. The maximum absolute atomic E-state index is 12.9. The highest BCUT2D eigenvalue weighted by molar-refractivity contribution is 5.94. The molecule has 12 heteroatoms. The molecule has 1 saturated heterocycles. The molecule has 188 valence electrons. The van der Waals surface area contributed by atoms with Crippen molar-refractivity contribution in [3.8, 4) is 0 Å². The molecule has 0 unspecified atom stereocenters. The van der Waals surface area contributed by atoms with Gasteiger partial charge in [0.15, 0.2) is 0 Å². The van der Waals surface area contributed by atoms with Crippen molar-refractivity contribution in [2.75, 3.05) is 13.1 Å². The van der Waals surface area contributed by atoms with Crippen molar-refractivity contribution >= 4 is 29.7 Å². The molecule has 5 amide bonds. The van der Waals surface area contributed by atoms with Gasteiger partial charge in [-0.1, -0.05) is 13.8 Å². The van der Waals surface area contributed by atoms with Crippen LogP contribution in [0.4, 0.5) is 4.79 Å². The van der Waals surface area contributed by atoms with Crippen molar-refractivity contribution in [3.05, 3.63) is 0 Å². The number of carbonyl (C=O) groups is 5. The average Bonchev–Trinajstić information content (AvgIpc) is 3.19. The summed E-state index contributed by atoms with van der Waals surface area (Å²) in [4.78, 5) is 62.8. The maximum Gasteiger partial charge on any atom is 0.408 e. The Morgan fingerprint density at radius 3 is 2.24 bits per heavy atom. The molecule has 0 radical (unpaired) electrons. The van der Waals surface area contributed by atoms with Gasteiger partial charge < -0.3 is 25.6 Å². The molecule has 0 aromatic carbocycles. The normalized spacial score (nSPS) is 17.7. The quantitative estimate of drug-likeness (QED) is 0.234. The fourth-order valence-corrected chi connectivity index (χ4v) is 3.35. The third-order valence-corrected chi connectivity index (χ3v) is 4.86. The van der Waals surface area contributed by atoms with Gasteiger partial charge in [-0.05, 0) is 52.9 Å². The smallest absolute Gasteiger partial charge is 0.408 e. The Kier molecular flexibility index (Phi) is 10.6. The van der Waals surface area contributed by atoms with Gasteiger partial charge in [0.2, 0.25) is 17.7 Å². The predicted molar refractivity (Wildman–Crippen MR) is 118 cm³/mol. The molecule has 1 fully saturated rings. The van der Waals surface area contributed by atoms with Crippen molar-refractivity contribution < 1.29 is 33.9 Å². The predicted octanol–water partition coefficient (Wildman–Crippen LogP) is 0.0431. The van der Waals surface area contributed by atoms with Gasteiger partial charge in [-0.25, -0.2) is 10.3 Å². The second-order valence-electron chi connectivity index (χ2n) is 9.50. The van der Waals surface area contributed by atoms with Crippen LogP contribution in [0.2, 0.25) is 0 Å². The van der Waals surface area contributed by atoms with Crippen molar-refractivity contribution in [1.29, 1.82) is 0 Å². The Morgan fingerprint density at radius 2 is 1.70 bits per heavy atom. The Bertz CT molecular complexity index is 735. The van der Waals surface area contributed by atoms with Gasteiger partial charge in [-0.2, -0.15) is 0 Å². The van der Waals surface area contributed by atoms with Crippen LogP contribution in [0.3, 0.4) is 0 Å². The van der Waals surface area contributed by atoms with Gasteiger partial charge in [0.1, 0.15) is 30.3 Å². The second-order valence-corrected chi connectivity index (χ2v) is 9.50. The fraction of sp³-hybridized carbons (Fsp3) is 0.762. The van der Waals surface area contributed by atoms with Crippen LogP contribution in [0, 0.1) is 5.92 Å². The first kappa shape index (κ1) is 28.1. The Morgan fingerprint density at radius 1 is 1.06 bits per heavy atom. The fourth-order valence-electron chi connectivity index (χ4n) is 3.35. The van der Waals surface area contributed by atoms with Crippen LogP contribution in [0.15, 0.2) is 0 Å². The molecule has 1 heterocycles. The van der Waals surface area contributed by atoms with Crippen LogP contribution >= 0.6 is 0 Å². The average molecular weight is 472 g/mol. The second kappa shape index (κ2) is 12.4. The molecule has 0 saturated carbocycles. The van der Waals surface area contributed by atoms with Crippen LogP contribution in [-0.4, -0.2) is 76.6 Å². The molecule has 3 atom stereocenters. The lowest BCUT2D eigenvalue weighted by Crippen LogP contribution is -2.56. The zero-order valence-electron chi connectivity index (χ0n) is 20.2. The van der Waals surface area contributed by atoms with E-state index in [2.05, 4.69) is 16.0 Å². The SMILES string of the molecule is CC(C)C[C@H](NC(=O)[C@@H]1CCCN1C(=O)CNC(=O)OC(C)(C)C)C(=O)N[C@@H](C)C(=O)NO. The summed E-state index contributed by atoms with van der Waals surface area (Å²) in [6.45, 7) is 10.3. The van der Waals surface area contributed by atoms with Crippen molar-refractivity contribution in [3.63, 3.8) is 0 Å². The Labute approximate surface area is 194 Å². The van der Waals surface area contributed by atoms with Gasteiger partial charge in [0.25, 0.3) is 5.91 Å². The molecule has 1 aliphatic rings. The summed E-state index contributed by atoms with van der Waals surface area (Å²) in [5.74, 6) is -2.23. The third kappa shape index (κ3) is 9.64. The van der Waals surface area contributed by atoms with E-state index >= 15 is 0 Å². The molecule has 0 bridgehead atoms. The van der Waals surface area contributed by atoms with Crippen molar-refractivity contribution in [2.45, 2.75) is 84.5 Å². The van der Waals surface area contributed by atoms with Gasteiger partial charge in [-0.3, -0.25) is 24.4 Å².